The molecule has 1 aromatic rings. The first-order valence-electron chi connectivity index (χ1n) is 4.17. The van der Waals surface area contributed by atoms with E-state index in [9.17, 15) is 4.79 Å². The minimum atomic E-state index is -0.368. The summed E-state index contributed by atoms with van der Waals surface area (Å²) in [6.07, 6.45) is 0. The molecule has 0 bridgehead atoms. The number of carbonyl (C=O) groups excluding carboxylic acids is 1. The molecule has 0 radical (unpaired) electrons. The highest BCUT2D eigenvalue weighted by atomic mass is 79.9. The first-order chi connectivity index (χ1) is 6.63. The molecule has 0 aromatic carbocycles. The number of carbonyl (C=O) groups is 1. The monoisotopic (exact) mass is 278 g/mol. The molecule has 0 aliphatic rings. The minimum Gasteiger partial charge on any atom is -0.464 e. The van der Waals surface area contributed by atoms with Crippen LogP contribution in [0.1, 0.15) is 13.8 Å². The Balaban J connectivity index is 2.48. The number of anilines is 1. The van der Waals surface area contributed by atoms with Crippen LogP contribution in [0.2, 0.25) is 0 Å². The smallest absolute Gasteiger partial charge is 0.328 e. The Kier molecular flexibility index (Phi) is 4.34. The third kappa shape index (κ3) is 3.26. The van der Waals surface area contributed by atoms with Crippen molar-refractivity contribution in [1.82, 2.24) is 4.98 Å². The molecule has 1 N–H and O–H groups in total. The summed E-state index contributed by atoms with van der Waals surface area (Å²) < 4.78 is 5.61. The van der Waals surface area contributed by atoms with Crippen molar-refractivity contribution in [3.05, 3.63) is 9.98 Å². The summed E-state index contributed by atoms with van der Waals surface area (Å²) in [5.41, 5.74) is 0. The van der Waals surface area contributed by atoms with E-state index in [4.69, 9.17) is 4.74 Å². The predicted octanol–water partition coefficient (Wildman–Crippen LogP) is 2.27. The van der Waals surface area contributed by atoms with Crippen LogP contribution in [-0.4, -0.2) is 23.6 Å². The van der Waals surface area contributed by atoms with E-state index in [1.165, 1.54) is 11.3 Å². The number of thiazole rings is 1. The summed E-state index contributed by atoms with van der Waals surface area (Å²) in [5, 5.41) is 5.50. The average molecular weight is 279 g/mol. The summed E-state index contributed by atoms with van der Waals surface area (Å²) in [6, 6.07) is -0.368. The van der Waals surface area contributed by atoms with Crippen molar-refractivity contribution >= 4 is 38.4 Å². The second-order valence-corrected chi connectivity index (χ2v) is 4.26. The van der Waals surface area contributed by atoms with Gasteiger partial charge in [-0.3, -0.25) is 0 Å². The van der Waals surface area contributed by atoms with Crippen LogP contribution in [0.5, 0.6) is 0 Å². The van der Waals surface area contributed by atoms with Crippen LogP contribution in [0.15, 0.2) is 9.98 Å². The number of nitrogens with zero attached hydrogens (tertiary/aromatic N) is 1. The second-order valence-electron chi connectivity index (χ2n) is 2.59. The van der Waals surface area contributed by atoms with Gasteiger partial charge in [0.25, 0.3) is 0 Å². The molecule has 0 aliphatic heterocycles. The van der Waals surface area contributed by atoms with Gasteiger partial charge in [-0.15, -0.1) is 11.3 Å². The van der Waals surface area contributed by atoms with Crippen molar-refractivity contribution in [1.29, 1.82) is 0 Å². The Morgan fingerprint density at radius 2 is 2.57 bits per heavy atom. The van der Waals surface area contributed by atoms with Gasteiger partial charge in [0.2, 0.25) is 0 Å². The van der Waals surface area contributed by atoms with Crippen LogP contribution in [0, 0.1) is 0 Å². The molecule has 0 saturated carbocycles. The summed E-state index contributed by atoms with van der Waals surface area (Å²) in [5.74, 6) is -0.265. The fourth-order valence-electron chi connectivity index (χ4n) is 0.832. The zero-order valence-corrected chi connectivity index (χ0v) is 10.3. The zero-order chi connectivity index (χ0) is 10.6. The Morgan fingerprint density at radius 3 is 3.07 bits per heavy atom. The average Bonchev–Trinajstić information content (AvgIpc) is 2.51. The van der Waals surface area contributed by atoms with Gasteiger partial charge >= 0.3 is 5.97 Å². The Hall–Kier alpha value is -0.620. The molecule has 0 saturated heterocycles. The lowest BCUT2D eigenvalue weighted by Crippen LogP contribution is -2.28. The highest BCUT2D eigenvalue weighted by molar-refractivity contribution is 9.10. The zero-order valence-electron chi connectivity index (χ0n) is 7.91. The van der Waals surface area contributed by atoms with Crippen LogP contribution < -0.4 is 5.32 Å². The molecule has 4 nitrogen and oxygen atoms in total. The Bertz CT molecular complexity index is 316. The minimum absolute atomic E-state index is 0.265. The van der Waals surface area contributed by atoms with Gasteiger partial charge < -0.3 is 10.1 Å². The van der Waals surface area contributed by atoms with E-state index in [2.05, 4.69) is 26.2 Å². The maximum Gasteiger partial charge on any atom is 0.328 e. The lowest BCUT2D eigenvalue weighted by molar-refractivity contribution is -0.143. The predicted molar refractivity (Wildman–Crippen MR) is 59.5 cm³/mol. The molecule has 1 atom stereocenters. The fourth-order valence-corrected chi connectivity index (χ4v) is 2.06. The van der Waals surface area contributed by atoms with E-state index >= 15 is 0 Å². The quantitative estimate of drug-likeness (QED) is 0.859. The molecule has 1 aromatic heterocycles. The highest BCUT2D eigenvalue weighted by Crippen LogP contribution is 2.20. The first-order valence-corrected chi connectivity index (χ1v) is 5.85. The molecular weight excluding hydrogens is 268 g/mol. The second kappa shape index (κ2) is 5.31. The summed E-state index contributed by atoms with van der Waals surface area (Å²) in [4.78, 5) is 15.3. The number of hydrogen-bond acceptors (Lipinski definition) is 5. The normalized spacial score (nSPS) is 12.2. The van der Waals surface area contributed by atoms with Crippen molar-refractivity contribution in [3.63, 3.8) is 0 Å². The lowest BCUT2D eigenvalue weighted by atomic mass is 10.3. The molecule has 0 spiro atoms. The molecular formula is C8H11BrN2O2S. The van der Waals surface area contributed by atoms with Crippen molar-refractivity contribution in [2.45, 2.75) is 19.9 Å². The number of halogens is 1. The fraction of sp³-hybridized carbons (Fsp3) is 0.500. The van der Waals surface area contributed by atoms with E-state index < -0.39 is 0 Å². The van der Waals surface area contributed by atoms with Gasteiger partial charge in [0.15, 0.2) is 5.13 Å². The molecule has 1 heterocycles. The van der Waals surface area contributed by atoms with Gasteiger partial charge in [0, 0.05) is 5.38 Å². The number of ether oxygens (including phenoxy) is 1. The standard InChI is InChI=1S/C8H11BrN2O2S/c1-3-13-7(12)5(2)10-8-11-6(9)4-14-8/h4-5H,3H2,1-2H3,(H,10,11). The van der Waals surface area contributed by atoms with Crippen molar-refractivity contribution in [3.8, 4) is 0 Å². The molecule has 0 fully saturated rings. The van der Waals surface area contributed by atoms with E-state index in [0.717, 1.165) is 4.60 Å². The topological polar surface area (TPSA) is 51.2 Å². The van der Waals surface area contributed by atoms with Crippen LogP contribution >= 0.6 is 27.3 Å². The SMILES string of the molecule is CCOC(=O)C(C)Nc1nc(Br)cs1. The van der Waals surface area contributed by atoms with E-state index in [1.807, 2.05) is 5.38 Å². The van der Waals surface area contributed by atoms with Gasteiger partial charge in [-0.2, -0.15) is 0 Å². The molecule has 1 unspecified atom stereocenters. The van der Waals surface area contributed by atoms with E-state index in [1.54, 1.807) is 13.8 Å². The summed E-state index contributed by atoms with van der Waals surface area (Å²) >= 11 is 4.67. The Morgan fingerprint density at radius 1 is 1.86 bits per heavy atom. The number of hydrogen-bond donors (Lipinski definition) is 1. The maximum atomic E-state index is 11.2. The number of nitrogens with one attached hydrogen (secondary N) is 1. The van der Waals surface area contributed by atoms with Crippen LogP contribution in [-0.2, 0) is 9.53 Å². The van der Waals surface area contributed by atoms with Gasteiger partial charge in [-0.25, -0.2) is 9.78 Å². The Labute approximate surface area is 94.8 Å². The number of aromatic nitrogens is 1. The van der Waals surface area contributed by atoms with E-state index in [0.29, 0.717) is 11.7 Å². The molecule has 14 heavy (non-hydrogen) atoms. The first kappa shape index (κ1) is 11.5. The van der Waals surface area contributed by atoms with Crippen LogP contribution in [0.3, 0.4) is 0 Å². The number of esters is 1. The molecule has 1 rings (SSSR count). The lowest BCUT2D eigenvalue weighted by Gasteiger charge is -2.10. The van der Waals surface area contributed by atoms with Gasteiger partial charge in [-0.05, 0) is 29.8 Å². The maximum absolute atomic E-state index is 11.2. The highest BCUT2D eigenvalue weighted by Gasteiger charge is 2.14. The number of rotatable bonds is 4. The van der Waals surface area contributed by atoms with Crippen molar-refractivity contribution < 1.29 is 9.53 Å². The summed E-state index contributed by atoms with van der Waals surface area (Å²) in [6.45, 7) is 3.92. The van der Waals surface area contributed by atoms with E-state index in [-0.39, 0.29) is 12.0 Å². The third-order valence-corrected chi connectivity index (χ3v) is 2.94. The molecule has 0 amide bonds. The third-order valence-electron chi connectivity index (χ3n) is 1.46. The molecule has 0 aliphatic carbocycles. The van der Waals surface area contributed by atoms with Gasteiger partial charge in [-0.1, -0.05) is 0 Å². The van der Waals surface area contributed by atoms with Crippen LogP contribution in [0.25, 0.3) is 0 Å². The molecule has 78 valence electrons. The van der Waals surface area contributed by atoms with Crippen LogP contribution in [0.4, 0.5) is 5.13 Å². The van der Waals surface area contributed by atoms with Crippen molar-refractivity contribution in [2.75, 3.05) is 11.9 Å². The van der Waals surface area contributed by atoms with Crippen molar-refractivity contribution in [2.24, 2.45) is 0 Å². The largest absolute Gasteiger partial charge is 0.464 e. The van der Waals surface area contributed by atoms with Gasteiger partial charge in [0.1, 0.15) is 10.6 Å². The summed E-state index contributed by atoms with van der Waals surface area (Å²) in [7, 11) is 0. The molecule has 6 heteroatoms. The van der Waals surface area contributed by atoms with Gasteiger partial charge in [0.05, 0.1) is 6.61 Å².